The van der Waals surface area contributed by atoms with Crippen LogP contribution in [-0.2, 0) is 0 Å². The zero-order chi connectivity index (χ0) is 13.8. The molecule has 3 N–H and O–H groups in total. The van der Waals surface area contributed by atoms with E-state index in [9.17, 15) is 0 Å². The van der Waals surface area contributed by atoms with Crippen molar-refractivity contribution in [3.05, 3.63) is 29.8 Å². The first-order valence-electron chi connectivity index (χ1n) is 6.46. The number of amidine groups is 1. The molecule has 100 valence electrons. The summed E-state index contributed by atoms with van der Waals surface area (Å²) in [5.41, 5.74) is 7.98. The highest BCUT2D eigenvalue weighted by atomic mass is 15.1. The Balaban J connectivity index is 2.50. The highest BCUT2D eigenvalue weighted by molar-refractivity contribution is 5.82. The zero-order valence-electron chi connectivity index (χ0n) is 12.0. The summed E-state index contributed by atoms with van der Waals surface area (Å²) in [6.07, 6.45) is 1.98. The molecule has 0 aliphatic heterocycles. The Morgan fingerprint density at radius 1 is 1.33 bits per heavy atom. The summed E-state index contributed by atoms with van der Waals surface area (Å²) < 4.78 is 0. The van der Waals surface area contributed by atoms with Crippen LogP contribution in [0.1, 0.15) is 32.3 Å². The molecule has 0 aliphatic carbocycles. The van der Waals surface area contributed by atoms with Crippen molar-refractivity contribution in [3.8, 4) is 0 Å². The minimum absolute atomic E-state index is 0.188. The Labute approximate surface area is 111 Å². The number of hydrogen-bond donors (Lipinski definition) is 2. The summed E-state index contributed by atoms with van der Waals surface area (Å²) in [6.45, 7) is 7.18. The van der Waals surface area contributed by atoms with Gasteiger partial charge in [0.15, 0.2) is 0 Å². The van der Waals surface area contributed by atoms with Crippen molar-refractivity contribution in [3.63, 3.8) is 0 Å². The van der Waals surface area contributed by atoms with Gasteiger partial charge in [-0.15, -0.1) is 0 Å². The van der Waals surface area contributed by atoms with E-state index in [2.05, 4.69) is 43.1 Å². The Morgan fingerprint density at radius 2 is 1.94 bits per heavy atom. The number of rotatable bonds is 6. The molecule has 18 heavy (non-hydrogen) atoms. The minimum atomic E-state index is -0.188. The molecule has 0 spiro atoms. The van der Waals surface area contributed by atoms with Crippen LogP contribution < -0.4 is 10.6 Å². The molecule has 1 aromatic carbocycles. The van der Waals surface area contributed by atoms with Gasteiger partial charge in [0.2, 0.25) is 0 Å². The summed E-state index contributed by atoms with van der Waals surface area (Å²) >= 11 is 0. The molecule has 0 aromatic heterocycles. The molecule has 1 aromatic rings. The van der Waals surface area contributed by atoms with E-state index in [-0.39, 0.29) is 11.3 Å². The van der Waals surface area contributed by atoms with E-state index in [0.717, 1.165) is 19.4 Å². The molecule has 0 heterocycles. The molecule has 0 saturated heterocycles. The van der Waals surface area contributed by atoms with Crippen molar-refractivity contribution >= 4 is 11.5 Å². The van der Waals surface area contributed by atoms with Crippen molar-refractivity contribution in [2.45, 2.75) is 33.6 Å². The minimum Gasteiger partial charge on any atom is -0.387 e. The second-order valence-corrected chi connectivity index (χ2v) is 5.61. The third kappa shape index (κ3) is 3.76. The van der Waals surface area contributed by atoms with E-state index in [1.807, 2.05) is 13.8 Å². The van der Waals surface area contributed by atoms with Crippen molar-refractivity contribution < 1.29 is 0 Å². The highest BCUT2D eigenvalue weighted by Crippen LogP contribution is 2.23. The van der Waals surface area contributed by atoms with Crippen LogP contribution in [0.4, 0.5) is 5.69 Å². The lowest BCUT2D eigenvalue weighted by Crippen LogP contribution is -2.32. The highest BCUT2D eigenvalue weighted by Gasteiger charge is 2.21. The van der Waals surface area contributed by atoms with Crippen LogP contribution >= 0.6 is 0 Å². The normalized spacial score (nSPS) is 11.3. The van der Waals surface area contributed by atoms with Crippen LogP contribution in [0.2, 0.25) is 0 Å². The quantitative estimate of drug-likeness (QED) is 0.599. The predicted octanol–water partition coefficient (Wildman–Crippen LogP) is 3.17. The molecule has 0 aliphatic rings. The monoisotopic (exact) mass is 247 g/mol. The van der Waals surface area contributed by atoms with Crippen molar-refractivity contribution in [2.24, 2.45) is 11.1 Å². The SMILES string of the molecule is Cc1ccccc1N(C)CCCC(C)(C)C(=N)N. The molecule has 0 atom stereocenters. The maximum atomic E-state index is 7.55. The van der Waals surface area contributed by atoms with Gasteiger partial charge in [-0.25, -0.2) is 0 Å². The third-order valence-electron chi connectivity index (χ3n) is 3.55. The van der Waals surface area contributed by atoms with Gasteiger partial charge < -0.3 is 10.6 Å². The lowest BCUT2D eigenvalue weighted by Gasteiger charge is -2.26. The fourth-order valence-electron chi connectivity index (χ4n) is 2.01. The molecule has 0 amide bonds. The zero-order valence-corrected chi connectivity index (χ0v) is 12.0. The maximum absolute atomic E-state index is 7.55. The Kier molecular flexibility index (Phi) is 4.76. The largest absolute Gasteiger partial charge is 0.387 e. The molecular weight excluding hydrogens is 222 g/mol. The molecular formula is C15H25N3. The van der Waals surface area contributed by atoms with Crippen LogP contribution in [-0.4, -0.2) is 19.4 Å². The summed E-state index contributed by atoms with van der Waals surface area (Å²) in [6, 6.07) is 8.40. The topological polar surface area (TPSA) is 53.1 Å². The standard InChI is InChI=1S/C15H25N3/c1-12-8-5-6-9-13(12)18(4)11-7-10-15(2,3)14(16)17/h5-6,8-9H,7,10-11H2,1-4H3,(H3,16,17). The van der Waals surface area contributed by atoms with Gasteiger partial charge in [-0.05, 0) is 31.4 Å². The second kappa shape index (κ2) is 5.89. The molecule has 0 saturated carbocycles. The summed E-state index contributed by atoms with van der Waals surface area (Å²) in [5, 5.41) is 7.55. The number of hydrogen-bond acceptors (Lipinski definition) is 2. The van der Waals surface area contributed by atoms with Crippen molar-refractivity contribution in [1.82, 2.24) is 0 Å². The molecule has 0 bridgehead atoms. The van der Waals surface area contributed by atoms with E-state index >= 15 is 0 Å². The van der Waals surface area contributed by atoms with Crippen LogP contribution in [0.5, 0.6) is 0 Å². The first-order valence-corrected chi connectivity index (χ1v) is 6.46. The Morgan fingerprint density at radius 3 is 2.50 bits per heavy atom. The lowest BCUT2D eigenvalue weighted by atomic mass is 9.86. The summed E-state index contributed by atoms with van der Waals surface area (Å²) in [7, 11) is 2.11. The average Bonchev–Trinajstić information content (AvgIpc) is 2.29. The van der Waals surface area contributed by atoms with Gasteiger partial charge in [0.1, 0.15) is 0 Å². The Hall–Kier alpha value is -1.51. The molecule has 3 heteroatoms. The number of aryl methyl sites for hydroxylation is 1. The van der Waals surface area contributed by atoms with Gasteiger partial charge in [-0.2, -0.15) is 0 Å². The van der Waals surface area contributed by atoms with Gasteiger partial charge in [0.05, 0.1) is 5.84 Å². The number of nitrogens with one attached hydrogen (secondary N) is 1. The number of benzene rings is 1. The molecule has 0 radical (unpaired) electrons. The fourth-order valence-corrected chi connectivity index (χ4v) is 2.01. The average molecular weight is 247 g/mol. The number of nitrogens with zero attached hydrogens (tertiary/aromatic N) is 1. The van der Waals surface area contributed by atoms with E-state index < -0.39 is 0 Å². The first kappa shape index (κ1) is 14.6. The van der Waals surface area contributed by atoms with Crippen LogP contribution in [0, 0.1) is 17.7 Å². The van der Waals surface area contributed by atoms with Crippen LogP contribution in [0.25, 0.3) is 0 Å². The van der Waals surface area contributed by atoms with Crippen LogP contribution in [0.15, 0.2) is 24.3 Å². The van der Waals surface area contributed by atoms with Gasteiger partial charge in [-0.1, -0.05) is 32.0 Å². The first-order chi connectivity index (χ1) is 8.34. The van der Waals surface area contributed by atoms with Gasteiger partial charge >= 0.3 is 0 Å². The number of para-hydroxylation sites is 1. The number of nitrogens with two attached hydrogens (primary N) is 1. The number of anilines is 1. The second-order valence-electron chi connectivity index (χ2n) is 5.61. The molecule has 1 rings (SSSR count). The van der Waals surface area contributed by atoms with Crippen molar-refractivity contribution in [1.29, 1.82) is 5.41 Å². The predicted molar refractivity (Wildman–Crippen MR) is 79.4 cm³/mol. The van der Waals surface area contributed by atoms with Gasteiger partial charge in [0.25, 0.3) is 0 Å². The smallest absolute Gasteiger partial charge is 0.0963 e. The van der Waals surface area contributed by atoms with E-state index in [1.54, 1.807) is 0 Å². The fraction of sp³-hybridized carbons (Fsp3) is 0.533. The molecule has 0 unspecified atom stereocenters. The van der Waals surface area contributed by atoms with Gasteiger partial charge in [0, 0.05) is 24.7 Å². The van der Waals surface area contributed by atoms with E-state index in [4.69, 9.17) is 11.1 Å². The van der Waals surface area contributed by atoms with Gasteiger partial charge in [-0.3, -0.25) is 5.41 Å². The maximum Gasteiger partial charge on any atom is 0.0963 e. The van der Waals surface area contributed by atoms with Crippen LogP contribution in [0.3, 0.4) is 0 Å². The van der Waals surface area contributed by atoms with Crippen molar-refractivity contribution in [2.75, 3.05) is 18.5 Å². The van der Waals surface area contributed by atoms with E-state index in [1.165, 1.54) is 11.3 Å². The summed E-state index contributed by atoms with van der Waals surface area (Å²) in [4.78, 5) is 2.27. The molecule has 3 nitrogen and oxygen atoms in total. The summed E-state index contributed by atoms with van der Waals surface area (Å²) in [5.74, 6) is 0.279. The van der Waals surface area contributed by atoms with E-state index in [0.29, 0.717) is 0 Å². The lowest BCUT2D eigenvalue weighted by molar-refractivity contribution is 0.452. The Bertz CT molecular complexity index is 410. The molecule has 0 fully saturated rings. The third-order valence-corrected chi connectivity index (χ3v) is 3.55.